The van der Waals surface area contributed by atoms with E-state index in [0.717, 1.165) is 6.42 Å². The van der Waals surface area contributed by atoms with E-state index in [1.165, 1.54) is 35.2 Å². The number of ether oxygens (including phenoxy) is 1. The Morgan fingerprint density at radius 1 is 1.19 bits per heavy atom. The molecule has 2 aromatic carbocycles. The number of rotatable bonds is 6. The summed E-state index contributed by atoms with van der Waals surface area (Å²) in [5.74, 6) is -1.46. The molecule has 1 unspecified atom stereocenters. The van der Waals surface area contributed by atoms with E-state index in [1.54, 1.807) is 31.2 Å². The molecule has 32 heavy (non-hydrogen) atoms. The third-order valence-corrected chi connectivity index (χ3v) is 5.07. The molecular weight excluding hydrogens is 415 g/mol. The number of ketones is 1. The van der Waals surface area contributed by atoms with E-state index in [4.69, 9.17) is 9.26 Å². The van der Waals surface area contributed by atoms with Gasteiger partial charge in [-0.05, 0) is 55.3 Å². The van der Waals surface area contributed by atoms with E-state index < -0.39 is 29.3 Å². The van der Waals surface area contributed by atoms with Gasteiger partial charge in [-0.1, -0.05) is 24.2 Å². The highest BCUT2D eigenvalue weighted by atomic mass is 19.1. The molecule has 3 aromatic rings. The van der Waals surface area contributed by atoms with Crippen molar-refractivity contribution in [2.75, 3.05) is 11.5 Å². The topological polar surface area (TPSA) is 92.9 Å². The number of aromatic nitrogens is 1. The van der Waals surface area contributed by atoms with Crippen molar-refractivity contribution >= 4 is 23.3 Å². The van der Waals surface area contributed by atoms with Crippen LogP contribution in [0.15, 0.2) is 64.7 Å². The van der Waals surface area contributed by atoms with Gasteiger partial charge in [-0.15, -0.1) is 0 Å². The number of nitrogens with zero attached hydrogens (tertiary/aromatic N) is 2. The SMILES string of the molecule is CCCOc1cccc(C2C(=C(O)c3ccc(F)cc3)C(=O)C(=O)N2c2cc(C)on2)c1. The van der Waals surface area contributed by atoms with Crippen molar-refractivity contribution in [3.63, 3.8) is 0 Å². The van der Waals surface area contributed by atoms with E-state index in [0.29, 0.717) is 23.7 Å². The van der Waals surface area contributed by atoms with E-state index in [2.05, 4.69) is 5.16 Å². The van der Waals surface area contributed by atoms with Gasteiger partial charge in [0.25, 0.3) is 5.78 Å². The number of aliphatic hydroxyl groups is 1. The number of benzene rings is 2. The van der Waals surface area contributed by atoms with Gasteiger partial charge in [0, 0.05) is 11.6 Å². The average molecular weight is 436 g/mol. The van der Waals surface area contributed by atoms with E-state index in [9.17, 15) is 19.1 Å². The van der Waals surface area contributed by atoms with Crippen molar-refractivity contribution in [3.8, 4) is 5.75 Å². The number of halogens is 1. The fourth-order valence-corrected chi connectivity index (χ4v) is 3.61. The van der Waals surface area contributed by atoms with Gasteiger partial charge in [-0.25, -0.2) is 4.39 Å². The summed E-state index contributed by atoms with van der Waals surface area (Å²) in [4.78, 5) is 27.2. The van der Waals surface area contributed by atoms with Crippen LogP contribution in [0.1, 0.15) is 36.3 Å². The van der Waals surface area contributed by atoms with Gasteiger partial charge in [0.15, 0.2) is 5.82 Å². The molecule has 4 rings (SSSR count). The van der Waals surface area contributed by atoms with Crippen LogP contribution in [0.4, 0.5) is 10.2 Å². The molecule has 0 radical (unpaired) electrons. The Balaban J connectivity index is 1.90. The second-order valence-corrected chi connectivity index (χ2v) is 7.39. The number of carbonyl (C=O) groups is 2. The molecule has 1 atom stereocenters. The molecule has 8 heteroatoms. The Labute approximate surface area is 183 Å². The van der Waals surface area contributed by atoms with Crippen molar-refractivity contribution in [1.82, 2.24) is 5.16 Å². The predicted molar refractivity (Wildman–Crippen MR) is 115 cm³/mol. The predicted octanol–water partition coefficient (Wildman–Crippen LogP) is 4.54. The highest BCUT2D eigenvalue weighted by Gasteiger charge is 2.48. The maximum atomic E-state index is 13.4. The van der Waals surface area contributed by atoms with E-state index in [-0.39, 0.29) is 17.0 Å². The van der Waals surface area contributed by atoms with E-state index >= 15 is 0 Å². The summed E-state index contributed by atoms with van der Waals surface area (Å²) in [6, 6.07) is 12.5. The van der Waals surface area contributed by atoms with Crippen molar-refractivity contribution in [2.45, 2.75) is 26.3 Å². The Bertz CT molecular complexity index is 1200. The summed E-state index contributed by atoms with van der Waals surface area (Å²) in [6.07, 6.45) is 0.811. The van der Waals surface area contributed by atoms with Crippen LogP contribution in [0.2, 0.25) is 0 Å². The van der Waals surface area contributed by atoms with Crippen LogP contribution in [0, 0.1) is 12.7 Å². The molecule has 1 saturated heterocycles. The summed E-state index contributed by atoms with van der Waals surface area (Å²) < 4.78 is 24.2. The van der Waals surface area contributed by atoms with Crippen molar-refractivity contribution < 1.29 is 28.3 Å². The molecule has 0 aliphatic carbocycles. The molecule has 7 nitrogen and oxygen atoms in total. The minimum atomic E-state index is -0.977. The molecule has 1 aromatic heterocycles. The normalized spacial score (nSPS) is 17.7. The number of aryl methyl sites for hydroxylation is 1. The number of amides is 1. The summed E-state index contributed by atoms with van der Waals surface area (Å²) in [5.41, 5.74) is 0.626. The van der Waals surface area contributed by atoms with Crippen LogP contribution in [0.25, 0.3) is 5.76 Å². The van der Waals surface area contributed by atoms with Crippen LogP contribution in [0.5, 0.6) is 5.75 Å². The molecular formula is C24H21FN2O5. The first kappa shape index (κ1) is 21.3. The highest BCUT2D eigenvalue weighted by molar-refractivity contribution is 6.51. The van der Waals surface area contributed by atoms with Gasteiger partial charge in [0.05, 0.1) is 18.2 Å². The Kier molecular flexibility index (Phi) is 5.77. The molecule has 1 aliphatic rings. The molecule has 1 aliphatic heterocycles. The minimum Gasteiger partial charge on any atom is -0.507 e. The average Bonchev–Trinajstić information content (AvgIpc) is 3.33. The maximum absolute atomic E-state index is 13.4. The summed E-state index contributed by atoms with van der Waals surface area (Å²) in [6.45, 7) is 4.15. The lowest BCUT2D eigenvalue weighted by atomic mass is 9.95. The number of anilines is 1. The second-order valence-electron chi connectivity index (χ2n) is 7.39. The van der Waals surface area contributed by atoms with Crippen LogP contribution >= 0.6 is 0 Å². The molecule has 0 spiro atoms. The number of aliphatic hydroxyl groups excluding tert-OH is 1. The van der Waals surface area contributed by atoms with Gasteiger partial charge in [0.1, 0.15) is 23.1 Å². The lowest BCUT2D eigenvalue weighted by molar-refractivity contribution is -0.132. The van der Waals surface area contributed by atoms with Gasteiger partial charge in [0.2, 0.25) is 0 Å². The Hall–Kier alpha value is -3.94. The van der Waals surface area contributed by atoms with Crippen LogP contribution < -0.4 is 9.64 Å². The zero-order chi connectivity index (χ0) is 22.8. The third-order valence-electron chi connectivity index (χ3n) is 5.07. The monoisotopic (exact) mass is 436 g/mol. The molecule has 2 heterocycles. The first-order valence-corrected chi connectivity index (χ1v) is 10.1. The zero-order valence-corrected chi connectivity index (χ0v) is 17.5. The third kappa shape index (κ3) is 3.87. The fourth-order valence-electron chi connectivity index (χ4n) is 3.61. The molecule has 0 saturated carbocycles. The largest absolute Gasteiger partial charge is 0.507 e. The standard InChI is InChI=1S/C24H21FN2O5/c1-3-11-31-18-6-4-5-16(13-18)21-20(22(28)15-7-9-17(25)10-8-15)23(29)24(30)27(21)19-12-14(2)32-26-19/h4-10,12-13,21,28H,3,11H2,1-2H3. The Morgan fingerprint density at radius 2 is 1.94 bits per heavy atom. The minimum absolute atomic E-state index is 0.130. The molecule has 0 bridgehead atoms. The van der Waals surface area contributed by atoms with Gasteiger partial charge in [-0.3, -0.25) is 14.5 Å². The van der Waals surface area contributed by atoms with Crippen molar-refractivity contribution in [1.29, 1.82) is 0 Å². The first-order valence-electron chi connectivity index (χ1n) is 10.1. The number of Topliss-reactive ketones (excluding diaryl/α,β-unsaturated/α-hetero) is 1. The molecule has 164 valence electrons. The van der Waals surface area contributed by atoms with Crippen LogP contribution in [-0.2, 0) is 9.59 Å². The van der Waals surface area contributed by atoms with Gasteiger partial charge < -0.3 is 14.4 Å². The second kappa shape index (κ2) is 8.66. The lowest BCUT2D eigenvalue weighted by Gasteiger charge is -2.23. The van der Waals surface area contributed by atoms with Crippen molar-refractivity contribution in [3.05, 3.63) is 82.9 Å². The first-order chi connectivity index (χ1) is 15.4. The number of carbonyl (C=O) groups excluding carboxylic acids is 2. The summed E-state index contributed by atoms with van der Waals surface area (Å²) in [7, 11) is 0. The maximum Gasteiger partial charge on any atom is 0.301 e. The van der Waals surface area contributed by atoms with Crippen LogP contribution in [-0.4, -0.2) is 28.6 Å². The quantitative estimate of drug-likeness (QED) is 0.347. The fraction of sp³-hybridized carbons (Fsp3) is 0.208. The summed E-state index contributed by atoms with van der Waals surface area (Å²) in [5, 5.41) is 14.9. The smallest absolute Gasteiger partial charge is 0.301 e. The lowest BCUT2D eigenvalue weighted by Crippen LogP contribution is -2.29. The van der Waals surface area contributed by atoms with Gasteiger partial charge in [-0.2, -0.15) is 0 Å². The molecule has 1 N–H and O–H groups in total. The van der Waals surface area contributed by atoms with Crippen LogP contribution in [0.3, 0.4) is 0 Å². The summed E-state index contributed by atoms with van der Waals surface area (Å²) >= 11 is 0. The Morgan fingerprint density at radius 3 is 2.59 bits per heavy atom. The van der Waals surface area contributed by atoms with E-state index in [1.807, 2.05) is 6.92 Å². The van der Waals surface area contributed by atoms with Gasteiger partial charge >= 0.3 is 5.91 Å². The highest BCUT2D eigenvalue weighted by Crippen LogP contribution is 2.42. The number of hydrogen-bond acceptors (Lipinski definition) is 6. The zero-order valence-electron chi connectivity index (χ0n) is 17.5. The molecule has 1 fully saturated rings. The molecule has 1 amide bonds. The number of hydrogen-bond donors (Lipinski definition) is 1. The van der Waals surface area contributed by atoms with Crippen molar-refractivity contribution in [2.24, 2.45) is 0 Å².